The molecule has 0 aliphatic rings. The van der Waals surface area contributed by atoms with E-state index in [1.807, 2.05) is 54.6 Å². The van der Waals surface area contributed by atoms with Gasteiger partial charge < -0.3 is 14.8 Å². The minimum Gasteiger partial charge on any atom is -0.493 e. The molecule has 0 aromatic heterocycles. The van der Waals surface area contributed by atoms with Gasteiger partial charge in [0.05, 0.1) is 20.3 Å². The molecule has 0 amide bonds. The first kappa shape index (κ1) is 20.2. The van der Waals surface area contributed by atoms with Crippen molar-refractivity contribution in [2.24, 2.45) is 0 Å². The van der Waals surface area contributed by atoms with Gasteiger partial charge in [0, 0.05) is 21.2 Å². The summed E-state index contributed by atoms with van der Waals surface area (Å²) in [5.74, 6) is 1.19. The number of benzene rings is 3. The maximum atomic E-state index is 13.0. The van der Waals surface area contributed by atoms with Crippen LogP contribution in [0.1, 0.15) is 28.4 Å². The third-order valence-electron chi connectivity index (χ3n) is 4.48. The Labute approximate surface area is 179 Å². The van der Waals surface area contributed by atoms with Crippen molar-refractivity contribution in [1.29, 1.82) is 0 Å². The van der Waals surface area contributed by atoms with Crippen LogP contribution in [0.15, 0.2) is 72.8 Å². The summed E-state index contributed by atoms with van der Waals surface area (Å²) in [6.07, 6.45) is 0.325. The molecule has 144 valence electrons. The second-order valence-corrected chi connectivity index (χ2v) is 7.56. The Kier molecular flexibility index (Phi) is 6.92. The molecule has 1 N–H and O–H groups in total. The highest BCUT2D eigenvalue weighted by atomic mass is 127. The smallest absolute Gasteiger partial charge is 0.165 e. The van der Waals surface area contributed by atoms with Gasteiger partial charge in [0.25, 0.3) is 0 Å². The SMILES string of the molecule is COc1ccc(C(=O)CC(Nc2ccc(I)cc2)c2ccccc2)cc1OC. The standard InChI is InChI=1S/C23H22INO3/c1-27-22-13-8-17(14-23(22)28-2)21(26)15-20(16-6-4-3-5-7-16)25-19-11-9-18(24)10-12-19/h3-14,20,25H,15H2,1-2H3. The monoisotopic (exact) mass is 487 g/mol. The molecule has 3 aromatic carbocycles. The lowest BCUT2D eigenvalue weighted by Crippen LogP contribution is -2.16. The van der Waals surface area contributed by atoms with Gasteiger partial charge in [-0.2, -0.15) is 0 Å². The molecule has 1 unspecified atom stereocenters. The molecule has 4 nitrogen and oxygen atoms in total. The number of carbonyl (C=O) groups excluding carboxylic acids is 1. The molecule has 0 aliphatic carbocycles. The highest BCUT2D eigenvalue weighted by Gasteiger charge is 2.18. The van der Waals surface area contributed by atoms with Crippen LogP contribution >= 0.6 is 22.6 Å². The fourth-order valence-corrected chi connectivity index (χ4v) is 3.36. The van der Waals surface area contributed by atoms with Gasteiger partial charge >= 0.3 is 0 Å². The zero-order valence-corrected chi connectivity index (χ0v) is 18.0. The number of Topliss-reactive ketones (excluding diaryl/α,β-unsaturated/α-hetero) is 1. The number of methoxy groups -OCH3 is 2. The molecule has 3 aromatic rings. The van der Waals surface area contributed by atoms with Gasteiger partial charge in [0.15, 0.2) is 17.3 Å². The van der Waals surface area contributed by atoms with Crippen molar-refractivity contribution in [3.63, 3.8) is 0 Å². The Bertz CT molecular complexity index is 926. The number of anilines is 1. The predicted octanol–water partition coefficient (Wildman–Crippen LogP) is 5.73. The molecule has 0 radical (unpaired) electrons. The van der Waals surface area contributed by atoms with Gasteiger partial charge in [0.2, 0.25) is 0 Å². The van der Waals surface area contributed by atoms with Crippen LogP contribution in [-0.2, 0) is 0 Å². The predicted molar refractivity (Wildman–Crippen MR) is 120 cm³/mol. The first-order valence-corrected chi connectivity index (χ1v) is 10.0. The van der Waals surface area contributed by atoms with Gasteiger partial charge in [-0.05, 0) is 70.6 Å². The van der Waals surface area contributed by atoms with E-state index < -0.39 is 0 Å². The van der Waals surface area contributed by atoms with Crippen LogP contribution in [0.2, 0.25) is 0 Å². The van der Waals surface area contributed by atoms with Gasteiger partial charge in [-0.3, -0.25) is 4.79 Å². The van der Waals surface area contributed by atoms with Crippen LogP contribution in [-0.4, -0.2) is 20.0 Å². The summed E-state index contributed by atoms with van der Waals surface area (Å²) in [6, 6.07) is 23.3. The molecular formula is C23H22INO3. The molecule has 0 spiro atoms. The molecular weight excluding hydrogens is 465 g/mol. The van der Waals surface area contributed by atoms with E-state index in [2.05, 4.69) is 27.9 Å². The van der Waals surface area contributed by atoms with Gasteiger partial charge in [-0.25, -0.2) is 0 Å². The molecule has 3 rings (SSSR count). The van der Waals surface area contributed by atoms with E-state index in [0.29, 0.717) is 23.5 Å². The molecule has 0 fully saturated rings. The van der Waals surface area contributed by atoms with E-state index in [9.17, 15) is 4.79 Å². The minimum absolute atomic E-state index is 0.0350. The molecule has 0 heterocycles. The van der Waals surface area contributed by atoms with Crippen molar-refractivity contribution in [3.8, 4) is 11.5 Å². The van der Waals surface area contributed by atoms with Crippen molar-refractivity contribution < 1.29 is 14.3 Å². The molecule has 0 saturated carbocycles. The number of rotatable bonds is 8. The fourth-order valence-electron chi connectivity index (χ4n) is 3.00. The quantitative estimate of drug-likeness (QED) is 0.326. The third-order valence-corrected chi connectivity index (χ3v) is 5.20. The van der Waals surface area contributed by atoms with Gasteiger partial charge in [-0.1, -0.05) is 30.3 Å². The van der Waals surface area contributed by atoms with Crippen LogP contribution < -0.4 is 14.8 Å². The van der Waals surface area contributed by atoms with E-state index in [0.717, 1.165) is 11.3 Å². The van der Waals surface area contributed by atoms with Crippen LogP contribution in [0.4, 0.5) is 5.69 Å². The molecule has 0 aliphatic heterocycles. The Balaban J connectivity index is 1.84. The van der Waals surface area contributed by atoms with Crippen molar-refractivity contribution in [2.45, 2.75) is 12.5 Å². The maximum Gasteiger partial charge on any atom is 0.165 e. The Morgan fingerprint density at radius 2 is 1.61 bits per heavy atom. The van der Waals surface area contributed by atoms with Gasteiger partial charge in [0.1, 0.15) is 0 Å². The van der Waals surface area contributed by atoms with Crippen molar-refractivity contribution in [1.82, 2.24) is 0 Å². The van der Waals surface area contributed by atoms with Crippen molar-refractivity contribution in [2.75, 3.05) is 19.5 Å². The second-order valence-electron chi connectivity index (χ2n) is 6.31. The third kappa shape index (κ3) is 5.04. The van der Waals surface area contributed by atoms with Crippen molar-refractivity contribution in [3.05, 3.63) is 87.5 Å². The summed E-state index contributed by atoms with van der Waals surface area (Å²) < 4.78 is 11.8. The zero-order valence-electron chi connectivity index (χ0n) is 15.8. The van der Waals surface area contributed by atoms with E-state index in [1.165, 1.54) is 3.57 Å². The van der Waals surface area contributed by atoms with E-state index in [1.54, 1.807) is 32.4 Å². The first-order valence-electron chi connectivity index (χ1n) is 8.93. The fraction of sp³-hybridized carbons (Fsp3) is 0.174. The number of hydrogen-bond acceptors (Lipinski definition) is 4. The Hall–Kier alpha value is -2.54. The summed E-state index contributed by atoms with van der Waals surface area (Å²) in [6.45, 7) is 0. The van der Waals surface area contributed by atoms with E-state index in [4.69, 9.17) is 9.47 Å². The number of ether oxygens (including phenoxy) is 2. The lowest BCUT2D eigenvalue weighted by atomic mass is 9.97. The van der Waals surface area contributed by atoms with Crippen LogP contribution in [0, 0.1) is 3.57 Å². The molecule has 0 saturated heterocycles. The second kappa shape index (κ2) is 9.59. The number of nitrogens with one attached hydrogen (secondary N) is 1. The maximum absolute atomic E-state index is 13.0. The van der Waals surface area contributed by atoms with E-state index in [-0.39, 0.29) is 11.8 Å². The number of halogens is 1. The molecule has 1 atom stereocenters. The van der Waals surface area contributed by atoms with E-state index >= 15 is 0 Å². The largest absolute Gasteiger partial charge is 0.493 e. The topological polar surface area (TPSA) is 47.6 Å². The van der Waals surface area contributed by atoms with Crippen LogP contribution in [0.3, 0.4) is 0 Å². The van der Waals surface area contributed by atoms with Crippen molar-refractivity contribution >= 4 is 34.1 Å². The summed E-state index contributed by atoms with van der Waals surface area (Å²) in [5, 5.41) is 3.49. The van der Waals surface area contributed by atoms with Crippen LogP contribution in [0.25, 0.3) is 0 Å². The van der Waals surface area contributed by atoms with Crippen LogP contribution in [0.5, 0.6) is 11.5 Å². The lowest BCUT2D eigenvalue weighted by Gasteiger charge is -2.20. The number of carbonyl (C=O) groups is 1. The Morgan fingerprint density at radius 3 is 2.25 bits per heavy atom. The minimum atomic E-state index is -0.137. The Morgan fingerprint density at radius 1 is 0.929 bits per heavy atom. The normalized spacial score (nSPS) is 11.5. The molecule has 5 heteroatoms. The number of hydrogen-bond donors (Lipinski definition) is 1. The number of ketones is 1. The summed E-state index contributed by atoms with van der Waals surface area (Å²) in [4.78, 5) is 13.0. The summed E-state index contributed by atoms with van der Waals surface area (Å²) in [5.41, 5.74) is 2.65. The molecule has 28 heavy (non-hydrogen) atoms. The lowest BCUT2D eigenvalue weighted by molar-refractivity contribution is 0.0976. The summed E-state index contributed by atoms with van der Waals surface area (Å²) in [7, 11) is 3.15. The zero-order chi connectivity index (χ0) is 19.9. The van der Waals surface area contributed by atoms with Gasteiger partial charge in [-0.15, -0.1) is 0 Å². The summed E-state index contributed by atoms with van der Waals surface area (Å²) >= 11 is 2.28. The average molecular weight is 487 g/mol. The molecule has 0 bridgehead atoms. The average Bonchev–Trinajstić information content (AvgIpc) is 2.74. The highest BCUT2D eigenvalue weighted by Crippen LogP contribution is 2.30. The highest BCUT2D eigenvalue weighted by molar-refractivity contribution is 14.1. The first-order chi connectivity index (χ1) is 13.6.